The van der Waals surface area contributed by atoms with Crippen LogP contribution in [0, 0.1) is 0 Å². The number of benzene rings is 1. The predicted octanol–water partition coefficient (Wildman–Crippen LogP) is 4.02. The Bertz CT molecular complexity index is 695. The molecule has 0 amide bonds. The summed E-state index contributed by atoms with van der Waals surface area (Å²) in [5, 5.41) is 1.95. The van der Waals surface area contributed by atoms with Crippen molar-refractivity contribution in [2.75, 3.05) is 5.43 Å². The molecule has 0 bridgehead atoms. The zero-order chi connectivity index (χ0) is 13.5. The van der Waals surface area contributed by atoms with Crippen molar-refractivity contribution in [2.45, 2.75) is 4.58 Å². The first-order valence-electron chi connectivity index (χ1n) is 5.95. The van der Waals surface area contributed by atoms with Gasteiger partial charge < -0.3 is 0 Å². The first-order valence-corrected chi connectivity index (χ1v) is 8.57. The quantitative estimate of drug-likeness (QED) is 0.859. The van der Waals surface area contributed by atoms with Gasteiger partial charge in [-0.25, -0.2) is 15.0 Å². The third-order valence-corrected chi connectivity index (χ3v) is 5.80. The van der Waals surface area contributed by atoms with Crippen molar-refractivity contribution in [1.29, 1.82) is 0 Å². The van der Waals surface area contributed by atoms with Crippen LogP contribution < -0.4 is 5.43 Å². The zero-order valence-electron chi connectivity index (χ0n) is 10.2. The maximum atomic E-state index is 4.49. The molecule has 3 aliphatic rings. The number of hydrogen-bond acceptors (Lipinski definition) is 6. The number of rotatable bonds is 2. The van der Waals surface area contributed by atoms with E-state index in [9.17, 15) is 0 Å². The summed E-state index contributed by atoms with van der Waals surface area (Å²) < 4.78 is 1.41. The van der Waals surface area contributed by atoms with Crippen molar-refractivity contribution in [3.63, 3.8) is 0 Å². The van der Waals surface area contributed by atoms with Crippen molar-refractivity contribution >= 4 is 57.0 Å². The Morgan fingerprint density at radius 1 is 1.35 bits per heavy atom. The third kappa shape index (κ3) is 2.10. The van der Waals surface area contributed by atoms with Crippen LogP contribution in [0.1, 0.15) is 0 Å². The predicted molar refractivity (Wildman–Crippen MR) is 90.7 cm³/mol. The second kappa shape index (κ2) is 4.98. The van der Waals surface area contributed by atoms with E-state index in [-0.39, 0.29) is 0 Å². The number of thioether (sulfide) groups is 2. The molecule has 1 aromatic carbocycles. The average Bonchev–Trinajstić information content (AvgIpc) is 2.99. The minimum atomic E-state index is 0.366. The number of aliphatic imine (C=N–C) groups is 2. The lowest BCUT2D eigenvalue weighted by Crippen LogP contribution is -2.29. The molecule has 0 aromatic heterocycles. The Morgan fingerprint density at radius 3 is 3.20 bits per heavy atom. The molecule has 3 heterocycles. The van der Waals surface area contributed by atoms with E-state index < -0.39 is 0 Å². The minimum Gasteiger partial charge on any atom is -0.293 e. The summed E-state index contributed by atoms with van der Waals surface area (Å²) in [6.07, 6.45) is 3.69. The van der Waals surface area contributed by atoms with Gasteiger partial charge in [0.15, 0.2) is 0 Å². The van der Waals surface area contributed by atoms with E-state index in [0.29, 0.717) is 4.58 Å². The van der Waals surface area contributed by atoms with Crippen LogP contribution in [0.15, 0.2) is 61.2 Å². The topological polar surface area (TPSA) is 40.0 Å². The largest absolute Gasteiger partial charge is 0.293 e. The highest BCUT2D eigenvalue weighted by Crippen LogP contribution is 2.51. The monoisotopic (exact) mass is 364 g/mol. The highest BCUT2D eigenvalue weighted by Gasteiger charge is 2.37. The van der Waals surface area contributed by atoms with Gasteiger partial charge in [-0.3, -0.25) is 5.43 Å². The Morgan fingerprint density at radius 2 is 2.30 bits per heavy atom. The highest BCUT2D eigenvalue weighted by atomic mass is 79.9. The fourth-order valence-electron chi connectivity index (χ4n) is 2.16. The minimum absolute atomic E-state index is 0.366. The number of hydrogen-bond donors (Lipinski definition) is 1. The Kier molecular flexibility index (Phi) is 3.13. The van der Waals surface area contributed by atoms with Gasteiger partial charge in [0.05, 0.1) is 21.8 Å². The normalized spacial score (nSPS) is 22.9. The van der Waals surface area contributed by atoms with Crippen LogP contribution in [0.5, 0.6) is 0 Å². The van der Waals surface area contributed by atoms with Crippen LogP contribution in [0.3, 0.4) is 0 Å². The molecular weight excluding hydrogens is 356 g/mol. The van der Waals surface area contributed by atoms with Crippen LogP contribution in [0.25, 0.3) is 0 Å². The molecular formula is C13H9BrN4S2. The van der Waals surface area contributed by atoms with Gasteiger partial charge in [-0.15, -0.1) is 11.8 Å². The fourth-order valence-corrected chi connectivity index (χ4v) is 4.78. The molecule has 1 aromatic rings. The van der Waals surface area contributed by atoms with Gasteiger partial charge in [0, 0.05) is 10.7 Å². The van der Waals surface area contributed by atoms with Gasteiger partial charge in [-0.2, -0.15) is 0 Å². The second-order valence-corrected chi connectivity index (χ2v) is 7.62. The van der Waals surface area contributed by atoms with Crippen LogP contribution in [-0.4, -0.2) is 21.5 Å². The van der Waals surface area contributed by atoms with E-state index in [0.717, 1.165) is 21.6 Å². The first kappa shape index (κ1) is 12.6. The molecule has 4 rings (SSSR count). The fraction of sp³-hybridized carbons (Fsp3) is 0.0769. The smallest absolute Gasteiger partial charge is 0.115 e. The summed E-state index contributed by atoms with van der Waals surface area (Å²) >= 11 is 7.03. The zero-order valence-corrected chi connectivity index (χ0v) is 13.4. The number of halogens is 1. The molecule has 7 heteroatoms. The molecule has 1 N–H and O–H groups in total. The number of nitrogens with zero attached hydrogens (tertiary/aromatic N) is 3. The van der Waals surface area contributed by atoms with Gasteiger partial charge >= 0.3 is 0 Å². The van der Waals surface area contributed by atoms with Crippen LogP contribution >= 0.6 is 39.5 Å². The van der Waals surface area contributed by atoms with E-state index >= 15 is 0 Å². The van der Waals surface area contributed by atoms with Crippen molar-refractivity contribution in [2.24, 2.45) is 9.98 Å². The summed E-state index contributed by atoms with van der Waals surface area (Å²) in [5.74, 6) is 0. The van der Waals surface area contributed by atoms with Crippen molar-refractivity contribution in [3.05, 3.63) is 51.2 Å². The lowest BCUT2D eigenvalue weighted by Gasteiger charge is -2.25. The Labute approximate surface area is 133 Å². The standard InChI is InChI=1S/C13H9BrN4S2/c14-8-2-1-3-9(4-8)17-18-6-15-5-10-12(18)11-13(20-10)19-7-16-11/h1-7,13,17H. The highest BCUT2D eigenvalue weighted by molar-refractivity contribution is 9.10. The molecule has 0 radical (unpaired) electrons. The van der Waals surface area contributed by atoms with Gasteiger partial charge in [-0.1, -0.05) is 33.8 Å². The summed E-state index contributed by atoms with van der Waals surface area (Å²) in [7, 11) is 0. The maximum Gasteiger partial charge on any atom is 0.115 e. The molecule has 0 fully saturated rings. The molecule has 0 saturated heterocycles. The van der Waals surface area contributed by atoms with E-state index in [2.05, 4.69) is 31.3 Å². The van der Waals surface area contributed by atoms with E-state index in [4.69, 9.17) is 0 Å². The number of hydrazine groups is 1. The van der Waals surface area contributed by atoms with Gasteiger partial charge in [0.25, 0.3) is 0 Å². The molecule has 1 unspecified atom stereocenters. The van der Waals surface area contributed by atoms with Crippen LogP contribution in [0.2, 0.25) is 0 Å². The SMILES string of the molecule is Brc1cccc(NN2C=NC=C3SC4SC=NC4=C32)c1. The number of fused-ring (bicyclic) bond motifs is 2. The van der Waals surface area contributed by atoms with Crippen molar-refractivity contribution < 1.29 is 0 Å². The first-order chi connectivity index (χ1) is 9.81. The van der Waals surface area contributed by atoms with Crippen LogP contribution in [-0.2, 0) is 0 Å². The summed E-state index contributed by atoms with van der Waals surface area (Å²) in [6.45, 7) is 0. The molecule has 100 valence electrons. The van der Waals surface area contributed by atoms with Crippen LogP contribution in [0.4, 0.5) is 5.69 Å². The summed E-state index contributed by atoms with van der Waals surface area (Å²) in [6, 6.07) is 8.05. The molecule has 0 spiro atoms. The Hall–Kier alpha value is -1.18. The third-order valence-electron chi connectivity index (χ3n) is 3.00. The number of nitrogens with one attached hydrogen (secondary N) is 1. The second-order valence-electron chi connectivity index (χ2n) is 4.30. The Balaban J connectivity index is 1.69. The van der Waals surface area contributed by atoms with E-state index in [1.165, 1.54) is 4.91 Å². The molecule has 1 atom stereocenters. The van der Waals surface area contributed by atoms with Gasteiger partial charge in [-0.05, 0) is 18.2 Å². The lowest BCUT2D eigenvalue weighted by molar-refractivity contribution is 0.635. The number of anilines is 1. The van der Waals surface area contributed by atoms with E-state index in [1.54, 1.807) is 29.9 Å². The van der Waals surface area contributed by atoms with E-state index in [1.807, 2.05) is 41.0 Å². The van der Waals surface area contributed by atoms with Gasteiger partial charge in [0.1, 0.15) is 16.6 Å². The van der Waals surface area contributed by atoms with Crippen molar-refractivity contribution in [1.82, 2.24) is 5.01 Å². The maximum absolute atomic E-state index is 4.49. The molecule has 3 aliphatic heterocycles. The summed E-state index contributed by atoms with van der Waals surface area (Å²) in [5.41, 5.74) is 8.50. The molecule has 0 aliphatic carbocycles. The van der Waals surface area contributed by atoms with Gasteiger partial charge in [0.2, 0.25) is 0 Å². The molecule has 20 heavy (non-hydrogen) atoms. The lowest BCUT2D eigenvalue weighted by atomic mass is 10.3. The van der Waals surface area contributed by atoms with Crippen molar-refractivity contribution in [3.8, 4) is 0 Å². The molecule has 0 saturated carbocycles. The molecule has 4 nitrogen and oxygen atoms in total. The summed E-state index contributed by atoms with van der Waals surface area (Å²) in [4.78, 5) is 9.96. The average molecular weight is 365 g/mol.